The molecular formula is C22H25N5O2S2. The molecule has 162 valence electrons. The highest BCUT2D eigenvalue weighted by atomic mass is 32.2. The molecule has 2 aromatic heterocycles. The minimum Gasteiger partial charge on any atom is -0.492 e. The molecule has 4 rings (SSSR count). The van der Waals surface area contributed by atoms with Gasteiger partial charge in [-0.25, -0.2) is 4.68 Å². The highest BCUT2D eigenvalue weighted by molar-refractivity contribution is 7.99. The van der Waals surface area contributed by atoms with Gasteiger partial charge in [-0.3, -0.25) is 4.79 Å². The van der Waals surface area contributed by atoms with E-state index in [1.807, 2.05) is 60.3 Å². The molecule has 0 bridgehead atoms. The van der Waals surface area contributed by atoms with Crippen LogP contribution in [-0.4, -0.2) is 33.0 Å². The molecule has 2 N–H and O–H groups in total. The average Bonchev–Trinajstić information content (AvgIpc) is 3.42. The van der Waals surface area contributed by atoms with Crippen LogP contribution in [0.25, 0.3) is 0 Å². The van der Waals surface area contributed by atoms with Crippen molar-refractivity contribution in [3.8, 4) is 5.75 Å². The number of amides is 1. The van der Waals surface area contributed by atoms with Crippen LogP contribution in [0.1, 0.15) is 38.1 Å². The fourth-order valence-electron chi connectivity index (χ4n) is 3.43. The van der Waals surface area contributed by atoms with Crippen LogP contribution in [0.5, 0.6) is 5.75 Å². The lowest BCUT2D eigenvalue weighted by Crippen LogP contribution is -2.31. The van der Waals surface area contributed by atoms with Gasteiger partial charge in [0, 0.05) is 16.3 Å². The summed E-state index contributed by atoms with van der Waals surface area (Å²) in [5, 5.41) is 13.7. The number of thiophene rings is 1. The third-order valence-corrected chi connectivity index (χ3v) is 6.73. The average molecular weight is 456 g/mol. The smallest absolute Gasteiger partial charge is 0.256 e. The number of hydrogen-bond acceptors (Lipinski definition) is 7. The number of nitrogens with zero attached hydrogens (tertiary/aromatic N) is 3. The number of nitrogens with one attached hydrogen (secondary N) is 2. The molecule has 1 aromatic carbocycles. The van der Waals surface area contributed by atoms with Crippen LogP contribution < -0.4 is 15.4 Å². The molecule has 0 fully saturated rings. The van der Waals surface area contributed by atoms with Gasteiger partial charge in [0.1, 0.15) is 11.8 Å². The van der Waals surface area contributed by atoms with E-state index in [1.54, 1.807) is 23.1 Å². The Hall–Kier alpha value is -2.78. The number of carbonyl (C=O) groups excluding carboxylic acids is 1. The molecule has 31 heavy (non-hydrogen) atoms. The van der Waals surface area contributed by atoms with Gasteiger partial charge in [0.2, 0.25) is 11.1 Å². The number of ether oxygens (including phenoxy) is 1. The summed E-state index contributed by atoms with van der Waals surface area (Å²) in [5.74, 6) is 2.05. The Bertz CT molecular complexity index is 1090. The number of fused-ring (bicyclic) bond motifs is 1. The fraction of sp³-hybridized carbons (Fsp3) is 0.318. The van der Waals surface area contributed by atoms with Gasteiger partial charge in [-0.15, -0.1) is 16.4 Å². The first-order chi connectivity index (χ1) is 15.1. The zero-order valence-electron chi connectivity index (χ0n) is 17.7. The minimum atomic E-state index is -0.348. The lowest BCUT2D eigenvalue weighted by atomic mass is 10.0. The van der Waals surface area contributed by atoms with Crippen molar-refractivity contribution in [3.63, 3.8) is 0 Å². The summed E-state index contributed by atoms with van der Waals surface area (Å²) >= 11 is 3.22. The van der Waals surface area contributed by atoms with Crippen LogP contribution >= 0.6 is 23.1 Å². The monoisotopic (exact) mass is 455 g/mol. The van der Waals surface area contributed by atoms with Crippen LogP contribution in [0.15, 0.2) is 58.2 Å². The molecular weight excluding hydrogens is 430 g/mol. The molecule has 0 aliphatic carbocycles. The molecule has 0 radical (unpaired) electrons. The van der Waals surface area contributed by atoms with Crippen LogP contribution in [0.3, 0.4) is 0 Å². The largest absolute Gasteiger partial charge is 0.492 e. The topological polar surface area (TPSA) is 81.1 Å². The van der Waals surface area contributed by atoms with Crippen LogP contribution in [0.4, 0.5) is 11.6 Å². The minimum absolute atomic E-state index is 0.195. The molecule has 3 heterocycles. The van der Waals surface area contributed by atoms with Crippen LogP contribution in [-0.2, 0) is 4.79 Å². The summed E-state index contributed by atoms with van der Waals surface area (Å²) in [5.41, 5.74) is 2.01. The highest BCUT2D eigenvalue weighted by Gasteiger charge is 2.35. The Kier molecular flexibility index (Phi) is 6.62. The van der Waals surface area contributed by atoms with Gasteiger partial charge in [0.05, 0.1) is 17.9 Å². The van der Waals surface area contributed by atoms with Gasteiger partial charge in [-0.1, -0.05) is 36.9 Å². The second kappa shape index (κ2) is 9.57. The van der Waals surface area contributed by atoms with Crippen molar-refractivity contribution in [2.45, 2.75) is 38.4 Å². The van der Waals surface area contributed by atoms with Crippen molar-refractivity contribution in [2.75, 3.05) is 23.0 Å². The van der Waals surface area contributed by atoms with E-state index in [4.69, 9.17) is 9.84 Å². The third kappa shape index (κ3) is 4.47. The van der Waals surface area contributed by atoms with E-state index in [-0.39, 0.29) is 11.9 Å². The highest BCUT2D eigenvalue weighted by Crippen LogP contribution is 2.38. The summed E-state index contributed by atoms with van der Waals surface area (Å²) in [4.78, 5) is 19.2. The predicted molar refractivity (Wildman–Crippen MR) is 126 cm³/mol. The van der Waals surface area contributed by atoms with E-state index in [1.165, 1.54) is 0 Å². The van der Waals surface area contributed by atoms with Crippen molar-refractivity contribution in [1.29, 1.82) is 0 Å². The van der Waals surface area contributed by atoms with Gasteiger partial charge in [0.25, 0.3) is 5.91 Å². The van der Waals surface area contributed by atoms with E-state index in [0.29, 0.717) is 34.7 Å². The number of anilines is 2. The molecule has 1 unspecified atom stereocenters. The summed E-state index contributed by atoms with van der Waals surface area (Å²) < 4.78 is 7.49. The van der Waals surface area contributed by atoms with Gasteiger partial charge in [-0.2, -0.15) is 4.98 Å². The lowest BCUT2D eigenvalue weighted by molar-refractivity contribution is -0.113. The number of rotatable bonds is 8. The van der Waals surface area contributed by atoms with Crippen molar-refractivity contribution in [3.05, 3.63) is 57.9 Å². The van der Waals surface area contributed by atoms with E-state index in [0.717, 1.165) is 22.7 Å². The number of thioether (sulfide) groups is 1. The number of para-hydroxylation sites is 2. The van der Waals surface area contributed by atoms with E-state index in [9.17, 15) is 4.79 Å². The predicted octanol–water partition coefficient (Wildman–Crippen LogP) is 5.17. The van der Waals surface area contributed by atoms with E-state index < -0.39 is 0 Å². The summed E-state index contributed by atoms with van der Waals surface area (Å²) in [7, 11) is 0. The summed E-state index contributed by atoms with van der Waals surface area (Å²) in [6, 6.07) is 11.1. The normalized spacial score (nSPS) is 15.4. The number of aromatic nitrogens is 3. The van der Waals surface area contributed by atoms with Crippen LogP contribution in [0, 0.1) is 0 Å². The van der Waals surface area contributed by atoms with Crippen molar-refractivity contribution >= 4 is 40.6 Å². The molecule has 9 heteroatoms. The molecule has 3 aromatic rings. The maximum atomic E-state index is 13.5. The van der Waals surface area contributed by atoms with E-state index >= 15 is 0 Å². The van der Waals surface area contributed by atoms with Gasteiger partial charge in [0.15, 0.2) is 0 Å². The van der Waals surface area contributed by atoms with Crippen molar-refractivity contribution in [1.82, 2.24) is 14.8 Å². The first kappa shape index (κ1) is 21.5. The molecule has 0 saturated heterocycles. The van der Waals surface area contributed by atoms with Gasteiger partial charge >= 0.3 is 0 Å². The zero-order chi connectivity index (χ0) is 21.8. The number of carbonyl (C=O) groups is 1. The second-order valence-corrected chi connectivity index (χ2v) is 9.02. The number of benzene rings is 1. The third-order valence-electron chi connectivity index (χ3n) is 4.76. The maximum Gasteiger partial charge on any atom is 0.256 e. The fourth-order valence-corrected chi connectivity index (χ4v) is 4.93. The SMILES string of the molecule is CCCSc1nc2n(n1)C(c1cccs1)C(C(=O)Nc1ccccc1OCC)=C(C)N2. The molecule has 0 spiro atoms. The van der Waals surface area contributed by atoms with Crippen LogP contribution in [0.2, 0.25) is 0 Å². The second-order valence-electron chi connectivity index (χ2n) is 6.98. The quantitative estimate of drug-likeness (QED) is 0.456. The molecule has 1 aliphatic heterocycles. The molecule has 1 amide bonds. The summed E-state index contributed by atoms with van der Waals surface area (Å²) in [6.07, 6.45) is 1.04. The van der Waals surface area contributed by atoms with E-state index in [2.05, 4.69) is 22.5 Å². The Balaban J connectivity index is 1.70. The van der Waals surface area contributed by atoms with Crippen molar-refractivity contribution in [2.24, 2.45) is 0 Å². The Morgan fingerprint density at radius 2 is 2.13 bits per heavy atom. The zero-order valence-corrected chi connectivity index (χ0v) is 19.3. The summed E-state index contributed by atoms with van der Waals surface area (Å²) in [6.45, 7) is 6.48. The molecule has 0 saturated carbocycles. The molecule has 1 atom stereocenters. The lowest BCUT2D eigenvalue weighted by Gasteiger charge is -2.27. The maximum absolute atomic E-state index is 13.5. The molecule has 7 nitrogen and oxygen atoms in total. The first-order valence-electron chi connectivity index (χ1n) is 10.3. The first-order valence-corrected chi connectivity index (χ1v) is 12.1. The molecule has 1 aliphatic rings. The van der Waals surface area contributed by atoms with Gasteiger partial charge < -0.3 is 15.4 Å². The van der Waals surface area contributed by atoms with Crippen molar-refractivity contribution < 1.29 is 9.53 Å². The Labute approximate surface area is 189 Å². The van der Waals surface area contributed by atoms with Gasteiger partial charge in [-0.05, 0) is 43.8 Å². The Morgan fingerprint density at radius 1 is 1.29 bits per heavy atom. The Morgan fingerprint density at radius 3 is 2.87 bits per heavy atom. The standard InChI is InChI=1S/C22H25N5O2S2/c1-4-12-31-22-25-21-23-14(3)18(19(27(21)26-22)17-11-8-13-30-17)20(28)24-15-9-6-7-10-16(15)29-5-2/h6-11,13,19H,4-5,12H2,1-3H3,(H,24,28)(H,23,25,26). The number of allylic oxidation sites excluding steroid dienone is 1. The number of hydrogen-bond donors (Lipinski definition) is 2.